The van der Waals surface area contributed by atoms with Crippen molar-refractivity contribution in [3.8, 4) is 6.07 Å². The minimum absolute atomic E-state index is 0.0215. The molecule has 3 unspecified atom stereocenters. The van der Waals surface area contributed by atoms with Gasteiger partial charge in [0.2, 0.25) is 0 Å². The van der Waals surface area contributed by atoms with Crippen LogP contribution in [0.5, 0.6) is 0 Å². The Labute approximate surface area is 184 Å². The van der Waals surface area contributed by atoms with Crippen molar-refractivity contribution in [1.29, 1.82) is 5.26 Å². The van der Waals surface area contributed by atoms with Crippen LogP contribution in [0.1, 0.15) is 56.1 Å². The third-order valence-electron chi connectivity index (χ3n) is 6.82. The molecule has 0 bridgehead atoms. The summed E-state index contributed by atoms with van der Waals surface area (Å²) < 4.78 is 61.5. The van der Waals surface area contributed by atoms with Crippen LogP contribution in [0.25, 0.3) is 0 Å². The number of ether oxygens (including phenoxy) is 1. The Morgan fingerprint density at radius 2 is 2.06 bits per heavy atom. The number of alkyl halides is 3. The van der Waals surface area contributed by atoms with E-state index in [2.05, 4.69) is 5.32 Å². The topological polar surface area (TPSA) is 85.2 Å². The van der Waals surface area contributed by atoms with E-state index >= 15 is 0 Å². The number of aliphatic carboxylic acids is 1. The van der Waals surface area contributed by atoms with Gasteiger partial charge in [-0.2, -0.15) is 18.4 Å². The van der Waals surface area contributed by atoms with Gasteiger partial charge >= 0.3 is 6.18 Å². The number of carboxylic acids is 1. The molecule has 3 rings (SSSR count). The van der Waals surface area contributed by atoms with Crippen LogP contribution in [-0.4, -0.2) is 25.7 Å². The molecular weight excluding hydrogens is 428 g/mol. The Morgan fingerprint density at radius 3 is 2.56 bits per heavy atom. The summed E-state index contributed by atoms with van der Waals surface area (Å²) in [6.45, 7) is 1.66. The molecule has 1 aromatic carbocycles. The van der Waals surface area contributed by atoms with E-state index in [9.17, 15) is 32.7 Å². The highest BCUT2D eigenvalue weighted by atomic mass is 19.4. The molecule has 1 aliphatic carbocycles. The maximum atomic E-state index is 14.5. The summed E-state index contributed by atoms with van der Waals surface area (Å²) in [7, 11) is 1.44. The van der Waals surface area contributed by atoms with E-state index in [1.54, 1.807) is 0 Å². The van der Waals surface area contributed by atoms with Crippen molar-refractivity contribution >= 4 is 5.97 Å². The lowest BCUT2D eigenvalue weighted by molar-refractivity contribution is -0.323. The standard InChI is InChI=1S/C23H26F4N2O3/c1-13-16(12-28)19(15-7-4-8-17(24)20(15)23(25,26)27)22(21(30)31,11-14-5-3-6-14)18(29-13)9-10-32-2/h4,7-8,14,18-19,29H,3,5-6,9-11H2,1-2H3,(H,30,31)/p-1. The van der Waals surface area contributed by atoms with Crippen LogP contribution in [0.4, 0.5) is 17.6 Å². The van der Waals surface area contributed by atoms with Crippen LogP contribution in [0.3, 0.4) is 0 Å². The number of carboxylic acid groups (broad SMARTS) is 1. The van der Waals surface area contributed by atoms with Gasteiger partial charge in [0.15, 0.2) is 0 Å². The normalized spacial score (nSPS) is 26.3. The first-order valence-electron chi connectivity index (χ1n) is 10.5. The number of allylic oxidation sites excluding steroid dienone is 2. The summed E-state index contributed by atoms with van der Waals surface area (Å²) in [4.78, 5) is 12.8. The summed E-state index contributed by atoms with van der Waals surface area (Å²) in [6.07, 6.45) is -2.52. The van der Waals surface area contributed by atoms with Crippen molar-refractivity contribution in [3.05, 3.63) is 46.4 Å². The number of rotatable bonds is 7. The number of benzene rings is 1. The van der Waals surface area contributed by atoms with Crippen molar-refractivity contribution < 1.29 is 32.2 Å². The second-order valence-electron chi connectivity index (χ2n) is 8.59. The molecular formula is C23H25F4N2O3-. The number of carbonyl (C=O) groups excluding carboxylic acids is 1. The van der Waals surface area contributed by atoms with Gasteiger partial charge in [-0.1, -0.05) is 31.4 Å². The number of carbonyl (C=O) groups is 1. The first-order chi connectivity index (χ1) is 15.1. The number of methoxy groups -OCH3 is 1. The summed E-state index contributed by atoms with van der Waals surface area (Å²) in [6, 6.07) is 3.90. The summed E-state index contributed by atoms with van der Waals surface area (Å²) in [5.41, 5.74) is -3.88. The third-order valence-corrected chi connectivity index (χ3v) is 6.82. The minimum atomic E-state index is -5.07. The number of nitrogens with zero attached hydrogens (tertiary/aromatic N) is 1. The zero-order valence-electron chi connectivity index (χ0n) is 17.9. The molecule has 1 aromatic rings. The number of hydrogen-bond donors (Lipinski definition) is 1. The van der Waals surface area contributed by atoms with E-state index in [0.29, 0.717) is 6.07 Å². The van der Waals surface area contributed by atoms with Gasteiger partial charge in [-0.15, -0.1) is 0 Å². The van der Waals surface area contributed by atoms with Crippen LogP contribution < -0.4 is 10.4 Å². The van der Waals surface area contributed by atoms with Crippen molar-refractivity contribution in [3.63, 3.8) is 0 Å². The van der Waals surface area contributed by atoms with Gasteiger partial charge in [-0.3, -0.25) is 0 Å². The molecule has 0 saturated heterocycles. The zero-order chi connectivity index (χ0) is 23.7. The van der Waals surface area contributed by atoms with Crippen LogP contribution in [0, 0.1) is 28.5 Å². The van der Waals surface area contributed by atoms with Gasteiger partial charge in [-0.25, -0.2) is 4.39 Å². The molecule has 1 heterocycles. The van der Waals surface area contributed by atoms with Gasteiger partial charge < -0.3 is 20.0 Å². The van der Waals surface area contributed by atoms with Gasteiger partial charge in [-0.05, 0) is 37.3 Å². The Kier molecular flexibility index (Phi) is 6.84. The molecule has 0 amide bonds. The van der Waals surface area contributed by atoms with E-state index < -0.39 is 46.5 Å². The molecule has 1 saturated carbocycles. The van der Waals surface area contributed by atoms with E-state index in [0.717, 1.165) is 31.4 Å². The lowest BCUT2D eigenvalue weighted by Crippen LogP contribution is -2.62. The number of halogens is 4. The largest absolute Gasteiger partial charge is 0.549 e. The molecule has 174 valence electrons. The molecule has 1 aliphatic heterocycles. The third kappa shape index (κ3) is 4.08. The molecule has 0 spiro atoms. The second-order valence-corrected chi connectivity index (χ2v) is 8.59. The highest BCUT2D eigenvalue weighted by molar-refractivity contribution is 5.78. The molecule has 9 heteroatoms. The molecule has 2 aliphatic rings. The molecule has 5 nitrogen and oxygen atoms in total. The summed E-state index contributed by atoms with van der Waals surface area (Å²) >= 11 is 0. The first-order valence-corrected chi connectivity index (χ1v) is 10.5. The van der Waals surface area contributed by atoms with Gasteiger partial charge in [0.05, 0.1) is 23.2 Å². The summed E-state index contributed by atoms with van der Waals surface area (Å²) in [5, 5.41) is 25.7. The lowest BCUT2D eigenvalue weighted by atomic mass is 9.56. The van der Waals surface area contributed by atoms with Crippen LogP contribution in [0.15, 0.2) is 29.5 Å². The average molecular weight is 453 g/mol. The van der Waals surface area contributed by atoms with Gasteiger partial charge in [0.25, 0.3) is 0 Å². The van der Waals surface area contributed by atoms with Crippen molar-refractivity contribution in [2.75, 3.05) is 13.7 Å². The fraction of sp³-hybridized carbons (Fsp3) is 0.565. The van der Waals surface area contributed by atoms with E-state index in [4.69, 9.17) is 4.74 Å². The van der Waals surface area contributed by atoms with E-state index in [1.807, 2.05) is 6.07 Å². The molecule has 32 heavy (non-hydrogen) atoms. The predicted molar refractivity (Wildman–Crippen MR) is 105 cm³/mol. The molecule has 1 N–H and O–H groups in total. The number of nitriles is 1. The molecule has 3 atom stereocenters. The number of hydrogen-bond acceptors (Lipinski definition) is 5. The minimum Gasteiger partial charge on any atom is -0.549 e. The predicted octanol–water partition coefficient (Wildman–Crippen LogP) is 3.66. The van der Waals surface area contributed by atoms with Gasteiger partial charge in [0, 0.05) is 36.8 Å². The smallest absolute Gasteiger partial charge is 0.419 e. The van der Waals surface area contributed by atoms with Crippen LogP contribution >= 0.6 is 0 Å². The Morgan fingerprint density at radius 1 is 1.38 bits per heavy atom. The van der Waals surface area contributed by atoms with E-state index in [-0.39, 0.29) is 36.6 Å². The highest BCUT2D eigenvalue weighted by Gasteiger charge is 2.55. The molecule has 0 radical (unpaired) electrons. The van der Waals surface area contributed by atoms with Crippen LogP contribution in [0.2, 0.25) is 0 Å². The summed E-state index contributed by atoms with van der Waals surface area (Å²) in [5.74, 6) is -4.62. The average Bonchev–Trinajstić information content (AvgIpc) is 2.68. The van der Waals surface area contributed by atoms with E-state index in [1.165, 1.54) is 14.0 Å². The Balaban J connectivity index is 2.34. The lowest BCUT2D eigenvalue weighted by Gasteiger charge is -2.53. The monoisotopic (exact) mass is 453 g/mol. The first kappa shape index (κ1) is 24.1. The van der Waals surface area contributed by atoms with Crippen molar-refractivity contribution in [2.24, 2.45) is 11.3 Å². The Bertz CT molecular complexity index is 950. The second kappa shape index (κ2) is 9.10. The number of nitrogens with one attached hydrogen (secondary N) is 1. The fourth-order valence-corrected chi connectivity index (χ4v) is 5.15. The SMILES string of the molecule is COCCC1NC(C)=C(C#N)C(c2cccc(F)c2C(F)(F)F)C1(CC1CCC1)C(=O)[O-]. The Hall–Kier alpha value is -2.60. The maximum absolute atomic E-state index is 14.5. The molecule has 1 fully saturated rings. The maximum Gasteiger partial charge on any atom is 0.419 e. The van der Waals surface area contributed by atoms with Gasteiger partial charge in [0.1, 0.15) is 5.82 Å². The highest BCUT2D eigenvalue weighted by Crippen LogP contribution is 2.55. The van der Waals surface area contributed by atoms with Crippen molar-refractivity contribution in [2.45, 2.75) is 57.2 Å². The quantitative estimate of drug-likeness (QED) is 0.637. The zero-order valence-corrected chi connectivity index (χ0v) is 17.9. The fourth-order valence-electron chi connectivity index (χ4n) is 5.15. The van der Waals surface area contributed by atoms with Crippen LogP contribution in [-0.2, 0) is 15.7 Å². The van der Waals surface area contributed by atoms with Crippen molar-refractivity contribution in [1.82, 2.24) is 5.32 Å². The molecule has 0 aromatic heterocycles.